The van der Waals surface area contributed by atoms with E-state index in [0.717, 1.165) is 6.42 Å². The van der Waals surface area contributed by atoms with Gasteiger partial charge in [-0.3, -0.25) is 14.5 Å². The lowest BCUT2D eigenvalue weighted by molar-refractivity contribution is -0.139. The molecule has 1 aliphatic rings. The highest BCUT2D eigenvalue weighted by Gasteiger charge is 2.38. The van der Waals surface area contributed by atoms with Crippen LogP contribution in [0.4, 0.5) is 0 Å². The van der Waals surface area contributed by atoms with Gasteiger partial charge in [0.05, 0.1) is 12.7 Å². The van der Waals surface area contributed by atoms with Crippen molar-refractivity contribution in [3.8, 4) is 0 Å². The Morgan fingerprint density at radius 2 is 2.33 bits per heavy atom. The fourth-order valence-corrected chi connectivity index (χ4v) is 1.81. The van der Waals surface area contributed by atoms with Crippen LogP contribution in [0, 0.1) is 0 Å². The molecule has 2 rings (SSSR count). The predicted octanol–water partition coefficient (Wildman–Crippen LogP) is 0.593. The number of amides is 2. The SMILES string of the molecule is CCCN1C(=O)CC(n2ccnc2)C1=O. The summed E-state index contributed by atoms with van der Waals surface area (Å²) >= 11 is 0. The molecule has 1 aliphatic heterocycles. The number of nitrogens with zero attached hydrogens (tertiary/aromatic N) is 3. The van der Waals surface area contributed by atoms with E-state index in [9.17, 15) is 9.59 Å². The maximum atomic E-state index is 11.9. The second-order valence-electron chi connectivity index (χ2n) is 3.61. The Morgan fingerprint density at radius 3 is 2.93 bits per heavy atom. The number of likely N-dealkylation sites (tertiary alicyclic amines) is 1. The number of aromatic nitrogens is 2. The molecular formula is C10H13N3O2. The van der Waals surface area contributed by atoms with Crippen LogP contribution in [0.3, 0.4) is 0 Å². The number of rotatable bonds is 3. The van der Waals surface area contributed by atoms with Crippen LogP contribution in [-0.4, -0.2) is 32.8 Å². The standard InChI is InChI=1S/C10H13N3O2/c1-2-4-13-9(14)6-8(10(13)15)12-5-3-11-7-12/h3,5,7-8H,2,4,6H2,1H3. The molecule has 1 atom stereocenters. The van der Waals surface area contributed by atoms with Gasteiger partial charge in [-0.1, -0.05) is 6.92 Å². The van der Waals surface area contributed by atoms with Crippen molar-refractivity contribution in [2.24, 2.45) is 0 Å². The molecule has 2 amide bonds. The highest BCUT2D eigenvalue weighted by atomic mass is 16.2. The quantitative estimate of drug-likeness (QED) is 0.682. The average Bonchev–Trinajstić information content (AvgIpc) is 2.81. The molecule has 1 aromatic rings. The summed E-state index contributed by atoms with van der Waals surface area (Å²) in [5.41, 5.74) is 0. The molecular weight excluding hydrogens is 194 g/mol. The summed E-state index contributed by atoms with van der Waals surface area (Å²) in [5, 5.41) is 0. The number of imide groups is 1. The molecule has 0 N–H and O–H groups in total. The zero-order valence-corrected chi connectivity index (χ0v) is 8.59. The molecule has 5 nitrogen and oxygen atoms in total. The third-order valence-corrected chi connectivity index (χ3v) is 2.55. The number of imidazole rings is 1. The largest absolute Gasteiger partial charge is 0.324 e. The minimum Gasteiger partial charge on any atom is -0.324 e. The van der Waals surface area contributed by atoms with E-state index in [4.69, 9.17) is 0 Å². The van der Waals surface area contributed by atoms with Crippen molar-refractivity contribution in [2.75, 3.05) is 6.54 Å². The monoisotopic (exact) mass is 207 g/mol. The smallest absolute Gasteiger partial charge is 0.252 e. The molecule has 0 radical (unpaired) electrons. The molecule has 15 heavy (non-hydrogen) atoms. The maximum absolute atomic E-state index is 11.9. The summed E-state index contributed by atoms with van der Waals surface area (Å²) in [6.45, 7) is 2.47. The molecule has 1 unspecified atom stereocenters. The Hall–Kier alpha value is -1.65. The van der Waals surface area contributed by atoms with Gasteiger partial charge in [-0.25, -0.2) is 4.98 Å². The molecule has 0 aliphatic carbocycles. The van der Waals surface area contributed by atoms with Crippen LogP contribution in [-0.2, 0) is 9.59 Å². The summed E-state index contributed by atoms with van der Waals surface area (Å²) in [6, 6.07) is -0.383. The van der Waals surface area contributed by atoms with Crippen LogP contribution in [0.5, 0.6) is 0 Å². The van der Waals surface area contributed by atoms with Crippen LogP contribution in [0.1, 0.15) is 25.8 Å². The van der Waals surface area contributed by atoms with E-state index in [1.807, 2.05) is 6.92 Å². The first-order valence-corrected chi connectivity index (χ1v) is 5.05. The molecule has 5 heteroatoms. The summed E-state index contributed by atoms with van der Waals surface area (Å²) in [5.74, 6) is -0.194. The summed E-state index contributed by atoms with van der Waals surface area (Å²) in [6.07, 6.45) is 5.96. The maximum Gasteiger partial charge on any atom is 0.252 e. The average molecular weight is 207 g/mol. The van der Waals surface area contributed by atoms with E-state index >= 15 is 0 Å². The van der Waals surface area contributed by atoms with E-state index in [-0.39, 0.29) is 24.3 Å². The van der Waals surface area contributed by atoms with Gasteiger partial charge >= 0.3 is 0 Å². The molecule has 1 saturated heterocycles. The van der Waals surface area contributed by atoms with Gasteiger partial charge in [0.25, 0.3) is 5.91 Å². The summed E-state index contributed by atoms with van der Waals surface area (Å²) in [4.78, 5) is 28.6. The van der Waals surface area contributed by atoms with Crippen molar-refractivity contribution in [3.63, 3.8) is 0 Å². The first kappa shape index (κ1) is 9.89. The number of hydrogen-bond donors (Lipinski definition) is 0. The van der Waals surface area contributed by atoms with Crippen molar-refractivity contribution < 1.29 is 9.59 Å². The zero-order chi connectivity index (χ0) is 10.8. The molecule has 0 bridgehead atoms. The number of carbonyl (C=O) groups excluding carboxylic acids is 2. The van der Waals surface area contributed by atoms with Crippen LogP contribution in [0.25, 0.3) is 0 Å². The van der Waals surface area contributed by atoms with E-state index in [0.29, 0.717) is 6.54 Å². The van der Waals surface area contributed by atoms with Gasteiger partial charge in [0.15, 0.2) is 0 Å². The van der Waals surface area contributed by atoms with Crippen molar-refractivity contribution in [3.05, 3.63) is 18.7 Å². The van der Waals surface area contributed by atoms with Gasteiger partial charge in [-0.15, -0.1) is 0 Å². The first-order valence-electron chi connectivity index (χ1n) is 5.05. The Kier molecular flexibility index (Phi) is 2.53. The molecule has 0 spiro atoms. The van der Waals surface area contributed by atoms with Gasteiger partial charge in [-0.05, 0) is 6.42 Å². The fraction of sp³-hybridized carbons (Fsp3) is 0.500. The molecule has 0 saturated carbocycles. The summed E-state index contributed by atoms with van der Waals surface area (Å²) in [7, 11) is 0. The van der Waals surface area contributed by atoms with Gasteiger partial charge < -0.3 is 4.57 Å². The molecule has 0 aromatic carbocycles. The van der Waals surface area contributed by atoms with E-state index < -0.39 is 0 Å². The molecule has 1 aromatic heterocycles. The lowest BCUT2D eigenvalue weighted by atomic mass is 10.2. The number of carbonyl (C=O) groups is 2. The highest BCUT2D eigenvalue weighted by Crippen LogP contribution is 2.23. The van der Waals surface area contributed by atoms with Crippen molar-refractivity contribution in [1.29, 1.82) is 0 Å². The van der Waals surface area contributed by atoms with Crippen LogP contribution >= 0.6 is 0 Å². The van der Waals surface area contributed by atoms with E-state index in [1.165, 1.54) is 4.90 Å². The molecule has 80 valence electrons. The predicted molar refractivity (Wildman–Crippen MR) is 52.9 cm³/mol. The van der Waals surface area contributed by atoms with Crippen LogP contribution < -0.4 is 0 Å². The zero-order valence-electron chi connectivity index (χ0n) is 8.59. The Bertz CT molecular complexity index is 372. The van der Waals surface area contributed by atoms with E-state index in [2.05, 4.69) is 4.98 Å². The third-order valence-electron chi connectivity index (χ3n) is 2.55. The Labute approximate surface area is 87.7 Å². The Morgan fingerprint density at radius 1 is 1.53 bits per heavy atom. The third kappa shape index (κ3) is 1.65. The number of hydrogen-bond acceptors (Lipinski definition) is 3. The minimum absolute atomic E-state index is 0.0828. The van der Waals surface area contributed by atoms with E-state index in [1.54, 1.807) is 23.3 Å². The second kappa shape index (κ2) is 3.84. The lowest BCUT2D eigenvalue weighted by Gasteiger charge is -2.13. The van der Waals surface area contributed by atoms with Crippen molar-refractivity contribution in [1.82, 2.24) is 14.5 Å². The van der Waals surface area contributed by atoms with Gasteiger partial charge in [0.2, 0.25) is 5.91 Å². The fourth-order valence-electron chi connectivity index (χ4n) is 1.81. The van der Waals surface area contributed by atoms with Crippen LogP contribution in [0.2, 0.25) is 0 Å². The van der Waals surface area contributed by atoms with Crippen LogP contribution in [0.15, 0.2) is 18.7 Å². The second-order valence-corrected chi connectivity index (χ2v) is 3.61. The van der Waals surface area contributed by atoms with Crippen molar-refractivity contribution >= 4 is 11.8 Å². The van der Waals surface area contributed by atoms with Gasteiger partial charge in [0.1, 0.15) is 6.04 Å². The lowest BCUT2D eigenvalue weighted by Crippen LogP contribution is -2.31. The minimum atomic E-state index is -0.383. The van der Waals surface area contributed by atoms with Gasteiger partial charge in [-0.2, -0.15) is 0 Å². The molecule has 2 heterocycles. The summed E-state index contributed by atoms with van der Waals surface area (Å²) < 4.78 is 1.69. The van der Waals surface area contributed by atoms with Gasteiger partial charge in [0, 0.05) is 18.9 Å². The molecule has 1 fully saturated rings. The first-order chi connectivity index (χ1) is 7.24. The van der Waals surface area contributed by atoms with Crippen molar-refractivity contribution in [2.45, 2.75) is 25.8 Å². The topological polar surface area (TPSA) is 55.2 Å². The Balaban J connectivity index is 2.18. The normalized spacial score (nSPS) is 21.4. The highest BCUT2D eigenvalue weighted by molar-refractivity contribution is 6.04.